The van der Waals surface area contributed by atoms with Crippen LogP contribution in [0.2, 0.25) is 0 Å². The normalized spacial score (nSPS) is 20.1. The van der Waals surface area contributed by atoms with E-state index in [2.05, 4.69) is 54.1 Å². The zero-order valence-electron chi connectivity index (χ0n) is 32.5. The smallest absolute Gasteiger partial charge is 0.235 e. The Bertz CT molecular complexity index is 2490. The number of rotatable bonds is 12. The first kappa shape index (κ1) is 37.4. The van der Waals surface area contributed by atoms with Gasteiger partial charge in [-0.3, -0.25) is 19.6 Å². The molecule has 1 saturated carbocycles. The van der Waals surface area contributed by atoms with Crippen LogP contribution in [-0.4, -0.2) is 86.7 Å². The van der Waals surface area contributed by atoms with Crippen LogP contribution in [0.25, 0.3) is 33.2 Å². The largest absolute Gasteiger partial charge is 0.494 e. The molecule has 5 N–H and O–H groups in total. The van der Waals surface area contributed by atoms with Gasteiger partial charge in [0.05, 0.1) is 35.7 Å². The molecule has 5 heterocycles. The summed E-state index contributed by atoms with van der Waals surface area (Å²) in [6.45, 7) is 3.61. The number of piperidine rings is 1. The van der Waals surface area contributed by atoms with Crippen molar-refractivity contribution >= 4 is 45.3 Å². The number of anilines is 2. The molecule has 3 aliphatic rings. The fraction of sp³-hybridized carbons (Fsp3) is 0.381. The summed E-state index contributed by atoms with van der Waals surface area (Å²) in [5.41, 5.74) is 11.5. The third-order valence-corrected chi connectivity index (χ3v) is 11.7. The van der Waals surface area contributed by atoms with E-state index in [0.29, 0.717) is 53.2 Å². The van der Waals surface area contributed by atoms with Gasteiger partial charge >= 0.3 is 0 Å². The molecule has 2 amide bonds. The lowest BCUT2D eigenvalue weighted by atomic mass is 9.91. The second-order valence-electron chi connectivity index (χ2n) is 15.4. The maximum Gasteiger partial charge on any atom is 0.235 e. The van der Waals surface area contributed by atoms with Gasteiger partial charge in [-0.05, 0) is 86.7 Å². The van der Waals surface area contributed by atoms with Crippen molar-refractivity contribution < 1.29 is 23.5 Å². The lowest BCUT2D eigenvalue weighted by Gasteiger charge is -2.41. The summed E-state index contributed by atoms with van der Waals surface area (Å²) >= 11 is 0. The number of aryl methyl sites for hydroxylation is 1. The van der Waals surface area contributed by atoms with E-state index >= 15 is 0 Å². The Morgan fingerprint density at radius 2 is 1.67 bits per heavy atom. The number of halogens is 1. The van der Waals surface area contributed by atoms with Gasteiger partial charge in [-0.1, -0.05) is 6.07 Å². The number of fused-ring (bicyclic) bond motifs is 2. The Morgan fingerprint density at radius 1 is 0.914 bits per heavy atom. The molecule has 1 atom stereocenters. The van der Waals surface area contributed by atoms with E-state index in [9.17, 15) is 14.0 Å². The minimum absolute atomic E-state index is 0.0771. The van der Waals surface area contributed by atoms with Gasteiger partial charge in [-0.2, -0.15) is 14.6 Å². The molecule has 0 radical (unpaired) electrons. The molecule has 2 saturated heterocycles. The number of amides is 2. The van der Waals surface area contributed by atoms with Gasteiger partial charge in [0.2, 0.25) is 17.6 Å². The fourth-order valence-electron chi connectivity index (χ4n) is 8.56. The van der Waals surface area contributed by atoms with Crippen LogP contribution in [0.5, 0.6) is 17.2 Å². The zero-order valence-corrected chi connectivity index (χ0v) is 32.5. The summed E-state index contributed by atoms with van der Waals surface area (Å²) in [5.74, 6) is -0.418. The highest BCUT2D eigenvalue weighted by molar-refractivity contribution is 6.03. The van der Waals surface area contributed by atoms with Crippen molar-refractivity contribution in [1.29, 1.82) is 0 Å². The zero-order chi connectivity index (χ0) is 39.9. The van der Waals surface area contributed by atoms with Crippen molar-refractivity contribution in [1.82, 2.24) is 45.5 Å². The Labute approximate surface area is 334 Å². The van der Waals surface area contributed by atoms with Crippen molar-refractivity contribution in [2.75, 3.05) is 43.9 Å². The molecule has 9 rings (SSSR count). The van der Waals surface area contributed by atoms with Crippen LogP contribution in [0.1, 0.15) is 56.2 Å². The Morgan fingerprint density at radius 3 is 2.43 bits per heavy atom. The highest BCUT2D eigenvalue weighted by Gasteiger charge is 2.33. The summed E-state index contributed by atoms with van der Waals surface area (Å²) < 4.78 is 29.4. The van der Waals surface area contributed by atoms with Gasteiger partial charge in [0, 0.05) is 68.4 Å². The average Bonchev–Trinajstić information content (AvgIpc) is 3.77. The molecule has 0 bridgehead atoms. The number of carbonyl (C=O) groups excluding carboxylic acids is 2. The molecular weight excluding hydrogens is 742 g/mol. The summed E-state index contributed by atoms with van der Waals surface area (Å²) in [4.78, 5) is 35.4. The summed E-state index contributed by atoms with van der Waals surface area (Å²) in [7, 11) is 3.32. The number of carbonyl (C=O) groups is 2. The number of imide groups is 1. The van der Waals surface area contributed by atoms with E-state index < -0.39 is 11.7 Å². The summed E-state index contributed by atoms with van der Waals surface area (Å²) in [6, 6.07) is 19.4. The molecule has 58 heavy (non-hydrogen) atoms. The Balaban J connectivity index is 0.758. The van der Waals surface area contributed by atoms with E-state index in [0.717, 1.165) is 79.7 Å². The highest BCUT2D eigenvalue weighted by Crippen LogP contribution is 2.38. The van der Waals surface area contributed by atoms with Gasteiger partial charge in [0.25, 0.3) is 0 Å². The van der Waals surface area contributed by atoms with Crippen LogP contribution in [0.4, 0.5) is 15.9 Å². The number of aromatic nitrogens is 6. The van der Waals surface area contributed by atoms with Gasteiger partial charge in [0.1, 0.15) is 23.6 Å². The van der Waals surface area contributed by atoms with Gasteiger partial charge < -0.3 is 30.7 Å². The quantitative estimate of drug-likeness (QED) is 0.0968. The molecule has 2 aliphatic heterocycles. The number of nitrogens with two attached hydrogens (primary N) is 1. The molecule has 16 heteroatoms. The standard InChI is InChI=1S/C42H46FN11O4/c1-52-32-20-28(12-15-30(32)39(50-52)31-16-17-35(55)49-42(31)56)53-21-26(22-53)46-19-18-45-25-8-10-27(11-9-25)54-41-36(40(44)47-23-48-41)38(51-54)24-6-13-29(14-7-24)58-34-5-3-4-33(57-2)37(34)43/h3-7,12-15,20,23,25-27,31,45-46H,8-11,16-19,21-22H2,1-2H3,(H2,44,47,48)(H,49,55,56). The van der Waals surface area contributed by atoms with Crippen molar-refractivity contribution in [3.63, 3.8) is 0 Å². The van der Waals surface area contributed by atoms with Crippen LogP contribution in [0.15, 0.2) is 67.0 Å². The first-order chi connectivity index (χ1) is 28.2. The maximum atomic E-state index is 14.7. The predicted octanol–water partition coefficient (Wildman–Crippen LogP) is 4.97. The number of nitrogens with one attached hydrogen (secondary N) is 3. The van der Waals surface area contributed by atoms with Crippen molar-refractivity contribution in [3.8, 4) is 28.5 Å². The molecular formula is C42H46FN11O4. The molecule has 1 aliphatic carbocycles. The van der Waals surface area contributed by atoms with Crippen LogP contribution in [0, 0.1) is 5.82 Å². The van der Waals surface area contributed by atoms with Crippen molar-refractivity contribution in [3.05, 3.63) is 78.5 Å². The number of hydrogen-bond donors (Lipinski definition) is 4. The van der Waals surface area contributed by atoms with Gasteiger partial charge in [-0.25, -0.2) is 14.6 Å². The van der Waals surface area contributed by atoms with Crippen molar-refractivity contribution in [2.45, 2.75) is 62.6 Å². The third kappa shape index (κ3) is 7.17. The topological polar surface area (TPSA) is 179 Å². The average molecular weight is 788 g/mol. The molecule has 3 aromatic heterocycles. The minimum Gasteiger partial charge on any atom is -0.494 e. The Kier molecular flexibility index (Phi) is 10.1. The van der Waals surface area contributed by atoms with Crippen LogP contribution in [0.3, 0.4) is 0 Å². The highest BCUT2D eigenvalue weighted by atomic mass is 19.1. The predicted molar refractivity (Wildman–Crippen MR) is 217 cm³/mol. The van der Waals surface area contributed by atoms with Crippen LogP contribution in [-0.2, 0) is 16.6 Å². The van der Waals surface area contributed by atoms with E-state index in [1.54, 1.807) is 30.3 Å². The lowest BCUT2D eigenvalue weighted by molar-refractivity contribution is -0.134. The number of methoxy groups -OCH3 is 1. The van der Waals surface area contributed by atoms with Gasteiger partial charge in [-0.15, -0.1) is 0 Å². The summed E-state index contributed by atoms with van der Waals surface area (Å²) in [5, 5.41) is 21.3. The third-order valence-electron chi connectivity index (χ3n) is 11.7. The number of ether oxygens (including phenoxy) is 2. The second-order valence-corrected chi connectivity index (χ2v) is 15.4. The first-order valence-corrected chi connectivity index (χ1v) is 19.9. The number of benzene rings is 3. The lowest BCUT2D eigenvalue weighted by Crippen LogP contribution is -2.59. The van der Waals surface area contributed by atoms with Gasteiger partial charge in [0.15, 0.2) is 17.1 Å². The molecule has 15 nitrogen and oxygen atoms in total. The second kappa shape index (κ2) is 15.7. The summed E-state index contributed by atoms with van der Waals surface area (Å²) in [6.07, 6.45) is 6.26. The fourth-order valence-corrected chi connectivity index (χ4v) is 8.56. The van der Waals surface area contributed by atoms with E-state index in [4.69, 9.17) is 20.3 Å². The van der Waals surface area contributed by atoms with E-state index in [1.807, 2.05) is 28.5 Å². The SMILES string of the molecule is COc1cccc(Oc2ccc(-c3nn(C4CCC(NCCNC5CN(c6ccc7c(C8CCC(=O)NC8=O)nn(C)c7c6)C5)CC4)c4ncnc(N)c34)cc2)c1F. The molecule has 3 aromatic carbocycles. The molecule has 300 valence electrons. The number of hydrogen-bond acceptors (Lipinski definition) is 12. The van der Waals surface area contributed by atoms with E-state index in [-0.39, 0.29) is 29.4 Å². The molecule has 6 aromatic rings. The Hall–Kier alpha value is -6.13. The van der Waals surface area contributed by atoms with E-state index in [1.165, 1.54) is 13.4 Å². The van der Waals surface area contributed by atoms with Crippen LogP contribution >= 0.6 is 0 Å². The van der Waals surface area contributed by atoms with Crippen LogP contribution < -0.4 is 36.1 Å². The monoisotopic (exact) mass is 787 g/mol. The molecule has 1 unspecified atom stereocenters. The maximum absolute atomic E-state index is 14.7. The molecule has 0 spiro atoms. The minimum atomic E-state index is -0.561. The first-order valence-electron chi connectivity index (χ1n) is 19.9. The number of nitrogen functional groups attached to an aromatic ring is 1. The molecule has 3 fully saturated rings. The number of nitrogens with zero attached hydrogens (tertiary/aromatic N) is 7. The van der Waals surface area contributed by atoms with Crippen molar-refractivity contribution in [2.24, 2.45) is 7.05 Å².